The molecule has 0 spiro atoms. The molecule has 1 saturated carbocycles. The molecule has 0 unspecified atom stereocenters. The summed E-state index contributed by atoms with van der Waals surface area (Å²) in [6, 6.07) is 7.51. The van der Waals surface area contributed by atoms with Gasteiger partial charge in [-0.15, -0.1) is 0 Å². The van der Waals surface area contributed by atoms with E-state index in [-0.39, 0.29) is 6.04 Å². The van der Waals surface area contributed by atoms with Crippen molar-refractivity contribution in [3.63, 3.8) is 0 Å². The molecule has 9 heteroatoms. The lowest BCUT2D eigenvalue weighted by molar-refractivity contribution is 0.410. The normalized spacial score (nSPS) is 20.6. The van der Waals surface area contributed by atoms with E-state index in [1.165, 1.54) is 0 Å². The maximum atomic E-state index is 11.4. The van der Waals surface area contributed by atoms with Crippen LogP contribution in [0.5, 0.6) is 0 Å². The molecule has 7 nitrogen and oxygen atoms in total. The highest BCUT2D eigenvalue weighted by Crippen LogP contribution is 2.29. The first-order chi connectivity index (χ1) is 12.3. The summed E-state index contributed by atoms with van der Waals surface area (Å²) in [7, 11) is -3.36. The molecule has 0 radical (unpaired) electrons. The summed E-state index contributed by atoms with van der Waals surface area (Å²) < 4.78 is 25.3. The first kappa shape index (κ1) is 18.9. The van der Waals surface area contributed by atoms with Crippen LogP contribution in [0.4, 0.5) is 11.6 Å². The fourth-order valence-electron chi connectivity index (χ4n) is 3.03. The summed E-state index contributed by atoms with van der Waals surface area (Å²) in [5, 5.41) is 3.74. The van der Waals surface area contributed by atoms with E-state index in [1.54, 1.807) is 24.4 Å². The third-order valence-electron chi connectivity index (χ3n) is 4.29. The van der Waals surface area contributed by atoms with E-state index in [0.717, 1.165) is 31.9 Å². The van der Waals surface area contributed by atoms with E-state index >= 15 is 0 Å². The fourth-order valence-corrected chi connectivity index (χ4v) is 3.78. The lowest BCUT2D eigenvalue weighted by Gasteiger charge is -2.26. The summed E-state index contributed by atoms with van der Waals surface area (Å²) in [5.74, 6) is 0.506. The van der Waals surface area contributed by atoms with Gasteiger partial charge in [0, 0.05) is 23.3 Å². The van der Waals surface area contributed by atoms with E-state index < -0.39 is 10.0 Å². The number of nitrogens with one attached hydrogen (secondary N) is 2. The average Bonchev–Trinajstić information content (AvgIpc) is 2.57. The number of nitrogens with zero attached hydrogens (tertiary/aromatic N) is 2. The van der Waals surface area contributed by atoms with Crippen LogP contribution < -0.4 is 15.8 Å². The summed E-state index contributed by atoms with van der Waals surface area (Å²) in [6.07, 6.45) is 6.59. The number of halogens is 1. The summed E-state index contributed by atoms with van der Waals surface area (Å²) in [5.41, 5.74) is 7.66. The quantitative estimate of drug-likeness (QED) is 0.718. The van der Waals surface area contributed by atoms with Gasteiger partial charge < -0.3 is 11.1 Å². The molecule has 1 aliphatic carbocycles. The number of hydrogen-bond acceptors (Lipinski definition) is 6. The SMILES string of the molecule is CS(=O)(=O)Nc1cccc(-c2nc(NC3CCC(N)CC3)ncc2Cl)c1. The Kier molecular flexibility index (Phi) is 5.64. The minimum Gasteiger partial charge on any atom is -0.351 e. The Bertz CT molecular complexity index is 882. The molecule has 0 atom stereocenters. The van der Waals surface area contributed by atoms with Gasteiger partial charge in [0.15, 0.2) is 0 Å². The van der Waals surface area contributed by atoms with Crippen molar-refractivity contribution in [1.29, 1.82) is 0 Å². The van der Waals surface area contributed by atoms with Gasteiger partial charge in [-0.1, -0.05) is 23.7 Å². The predicted octanol–water partition coefficient (Wildman–Crippen LogP) is 2.85. The maximum absolute atomic E-state index is 11.4. The van der Waals surface area contributed by atoms with Crippen molar-refractivity contribution in [3.05, 3.63) is 35.5 Å². The molecule has 140 valence electrons. The number of nitrogens with two attached hydrogens (primary N) is 1. The second-order valence-electron chi connectivity index (χ2n) is 6.60. The average molecular weight is 396 g/mol. The molecular formula is C17H22ClN5O2S. The van der Waals surface area contributed by atoms with E-state index in [4.69, 9.17) is 17.3 Å². The lowest BCUT2D eigenvalue weighted by Crippen LogP contribution is -2.33. The van der Waals surface area contributed by atoms with Gasteiger partial charge in [-0.05, 0) is 37.8 Å². The Labute approximate surface area is 158 Å². The molecular weight excluding hydrogens is 374 g/mol. The van der Waals surface area contributed by atoms with Crippen LogP contribution in [0, 0.1) is 0 Å². The Morgan fingerprint density at radius 3 is 2.65 bits per heavy atom. The minimum atomic E-state index is -3.36. The van der Waals surface area contributed by atoms with Crippen molar-refractivity contribution in [2.45, 2.75) is 37.8 Å². The molecule has 26 heavy (non-hydrogen) atoms. The first-order valence-electron chi connectivity index (χ1n) is 8.43. The van der Waals surface area contributed by atoms with Crippen LogP contribution in [0.3, 0.4) is 0 Å². The van der Waals surface area contributed by atoms with Crippen molar-refractivity contribution in [2.24, 2.45) is 5.73 Å². The largest absolute Gasteiger partial charge is 0.351 e. The molecule has 4 N–H and O–H groups in total. The minimum absolute atomic E-state index is 0.278. The number of anilines is 2. The van der Waals surface area contributed by atoms with Gasteiger partial charge >= 0.3 is 0 Å². The van der Waals surface area contributed by atoms with E-state index in [2.05, 4.69) is 20.0 Å². The highest BCUT2D eigenvalue weighted by Gasteiger charge is 2.19. The zero-order chi connectivity index (χ0) is 18.7. The fraction of sp³-hybridized carbons (Fsp3) is 0.412. The summed E-state index contributed by atoms with van der Waals surface area (Å²) in [6.45, 7) is 0. The maximum Gasteiger partial charge on any atom is 0.229 e. The summed E-state index contributed by atoms with van der Waals surface area (Å²) >= 11 is 6.27. The van der Waals surface area contributed by atoms with Crippen molar-refractivity contribution in [2.75, 3.05) is 16.3 Å². The Balaban J connectivity index is 1.83. The van der Waals surface area contributed by atoms with Gasteiger partial charge in [-0.25, -0.2) is 18.4 Å². The van der Waals surface area contributed by atoms with Crippen LogP contribution in [-0.2, 0) is 10.0 Å². The van der Waals surface area contributed by atoms with Crippen LogP contribution in [0.1, 0.15) is 25.7 Å². The monoisotopic (exact) mass is 395 g/mol. The number of rotatable bonds is 5. The molecule has 1 heterocycles. The molecule has 3 rings (SSSR count). The van der Waals surface area contributed by atoms with Crippen LogP contribution in [0.15, 0.2) is 30.5 Å². The first-order valence-corrected chi connectivity index (χ1v) is 10.7. The van der Waals surface area contributed by atoms with Gasteiger partial charge in [0.05, 0.1) is 23.2 Å². The molecule has 0 bridgehead atoms. The number of hydrogen-bond donors (Lipinski definition) is 3. The van der Waals surface area contributed by atoms with E-state index in [9.17, 15) is 8.42 Å². The van der Waals surface area contributed by atoms with Crippen molar-refractivity contribution in [1.82, 2.24) is 9.97 Å². The Hall–Kier alpha value is -1.90. The molecule has 2 aromatic rings. The standard InChI is InChI=1S/C17H22ClN5O2S/c1-26(24,25)23-14-4-2-3-11(9-14)16-15(18)10-20-17(22-16)21-13-7-5-12(19)6-8-13/h2-4,9-10,12-13,23H,5-8,19H2,1H3,(H,20,21,22). The third-order valence-corrected chi connectivity index (χ3v) is 5.17. The van der Waals surface area contributed by atoms with E-state index in [0.29, 0.717) is 34.0 Å². The van der Waals surface area contributed by atoms with Gasteiger partial charge in [0.25, 0.3) is 0 Å². The number of benzene rings is 1. The zero-order valence-corrected chi connectivity index (χ0v) is 16.0. The van der Waals surface area contributed by atoms with Crippen molar-refractivity contribution >= 4 is 33.3 Å². The second kappa shape index (κ2) is 7.77. The molecule has 0 amide bonds. The highest BCUT2D eigenvalue weighted by atomic mass is 35.5. The molecule has 1 aliphatic rings. The molecule has 1 aromatic heterocycles. The Morgan fingerprint density at radius 1 is 1.23 bits per heavy atom. The highest BCUT2D eigenvalue weighted by molar-refractivity contribution is 7.92. The van der Waals surface area contributed by atoms with Crippen molar-refractivity contribution < 1.29 is 8.42 Å². The number of aromatic nitrogens is 2. The van der Waals surface area contributed by atoms with Crippen LogP contribution in [0.25, 0.3) is 11.3 Å². The third kappa shape index (κ3) is 5.06. The van der Waals surface area contributed by atoms with Crippen LogP contribution in [-0.4, -0.2) is 36.7 Å². The van der Waals surface area contributed by atoms with E-state index in [1.807, 2.05) is 6.07 Å². The van der Waals surface area contributed by atoms with Gasteiger partial charge in [0.2, 0.25) is 16.0 Å². The lowest BCUT2D eigenvalue weighted by atomic mass is 9.92. The van der Waals surface area contributed by atoms with Crippen LogP contribution in [0.2, 0.25) is 5.02 Å². The van der Waals surface area contributed by atoms with Gasteiger partial charge in [-0.3, -0.25) is 4.72 Å². The van der Waals surface area contributed by atoms with Crippen molar-refractivity contribution in [3.8, 4) is 11.3 Å². The number of sulfonamides is 1. The summed E-state index contributed by atoms with van der Waals surface area (Å²) in [4.78, 5) is 8.79. The second-order valence-corrected chi connectivity index (χ2v) is 8.76. The molecule has 1 aromatic carbocycles. The smallest absolute Gasteiger partial charge is 0.229 e. The predicted molar refractivity (Wildman–Crippen MR) is 105 cm³/mol. The Morgan fingerprint density at radius 2 is 1.96 bits per heavy atom. The molecule has 0 saturated heterocycles. The zero-order valence-electron chi connectivity index (χ0n) is 14.4. The van der Waals surface area contributed by atoms with Crippen LogP contribution >= 0.6 is 11.6 Å². The molecule has 1 fully saturated rings. The topological polar surface area (TPSA) is 110 Å². The molecule has 0 aliphatic heterocycles. The van der Waals surface area contributed by atoms with Gasteiger partial charge in [0.1, 0.15) is 0 Å². The van der Waals surface area contributed by atoms with Gasteiger partial charge in [-0.2, -0.15) is 0 Å².